The molecule has 0 bridgehead atoms. The summed E-state index contributed by atoms with van der Waals surface area (Å²) in [5.41, 5.74) is -1.16. The molecule has 0 aliphatic heterocycles. The zero-order valence-corrected chi connectivity index (χ0v) is 9.96. The van der Waals surface area contributed by atoms with Crippen LogP contribution in [0.15, 0.2) is 12.2 Å². The van der Waals surface area contributed by atoms with Crippen molar-refractivity contribution in [3.63, 3.8) is 0 Å². The van der Waals surface area contributed by atoms with Crippen LogP contribution in [0, 0.1) is 10.8 Å². The van der Waals surface area contributed by atoms with Gasteiger partial charge < -0.3 is 4.74 Å². The summed E-state index contributed by atoms with van der Waals surface area (Å²) in [5.74, 6) is -0.269. The number of ether oxygens (including phenoxy) is 1. The van der Waals surface area contributed by atoms with Gasteiger partial charge in [-0.1, -0.05) is 0 Å². The molecule has 0 spiro atoms. The summed E-state index contributed by atoms with van der Waals surface area (Å²) in [7, 11) is 0. The minimum Gasteiger partial charge on any atom is -0.457 e. The lowest BCUT2D eigenvalue weighted by atomic mass is 9.87. The monoisotopic (exact) mass is 210 g/mol. The van der Waals surface area contributed by atoms with Crippen LogP contribution in [-0.4, -0.2) is 17.9 Å². The van der Waals surface area contributed by atoms with Gasteiger partial charge in [-0.3, -0.25) is 9.59 Å². The second-order valence-electron chi connectivity index (χ2n) is 5.52. The maximum Gasteiger partial charge on any atom is 0.311 e. The van der Waals surface area contributed by atoms with Crippen LogP contribution < -0.4 is 0 Å². The van der Waals surface area contributed by atoms with E-state index in [2.05, 4.69) is 0 Å². The lowest BCUT2D eigenvalue weighted by Crippen LogP contribution is -2.37. The van der Waals surface area contributed by atoms with Crippen LogP contribution in [0.1, 0.15) is 34.6 Å². The van der Waals surface area contributed by atoms with Crippen molar-refractivity contribution in [1.29, 1.82) is 0 Å². The van der Waals surface area contributed by atoms with Crippen LogP contribution >= 0.6 is 0 Å². The first-order valence-electron chi connectivity index (χ1n) is 5.09. The Morgan fingerprint density at radius 2 is 1.93 bits per heavy atom. The Hall–Kier alpha value is -1.12. The highest BCUT2D eigenvalue weighted by Crippen LogP contribution is 2.33. The number of carbonyl (C=O) groups excluding carboxylic acids is 2. The van der Waals surface area contributed by atoms with E-state index >= 15 is 0 Å². The van der Waals surface area contributed by atoms with Crippen LogP contribution in [0.25, 0.3) is 0 Å². The Bertz CT molecular complexity index is 318. The number of carbonyl (C=O) groups is 2. The van der Waals surface area contributed by atoms with Crippen LogP contribution in [0.5, 0.6) is 0 Å². The van der Waals surface area contributed by atoms with E-state index < -0.39 is 16.9 Å². The zero-order chi connectivity index (χ0) is 11.9. The molecule has 1 aliphatic carbocycles. The van der Waals surface area contributed by atoms with Gasteiger partial charge in [0.25, 0.3) is 0 Å². The molecule has 0 aromatic rings. The summed E-state index contributed by atoms with van der Waals surface area (Å²) in [6.45, 7) is 8.96. The standard InChI is InChI=1S/C12H18O3/c1-11(2,3)10(14)15-9-7-6-8(13)12(9,4)5/h6-7,9H,1-5H3/t9-/m0/s1. The average Bonchev–Trinajstić information content (AvgIpc) is 2.30. The van der Waals surface area contributed by atoms with Crippen molar-refractivity contribution in [3.05, 3.63) is 12.2 Å². The smallest absolute Gasteiger partial charge is 0.311 e. The Labute approximate surface area is 90.5 Å². The second kappa shape index (κ2) is 3.47. The molecule has 0 heterocycles. The Kier molecular flexibility index (Phi) is 2.77. The Morgan fingerprint density at radius 3 is 2.27 bits per heavy atom. The van der Waals surface area contributed by atoms with Crippen molar-refractivity contribution in [1.82, 2.24) is 0 Å². The van der Waals surface area contributed by atoms with Crippen molar-refractivity contribution >= 4 is 11.8 Å². The zero-order valence-electron chi connectivity index (χ0n) is 9.96. The molecular weight excluding hydrogens is 192 g/mol. The predicted octanol–water partition coefficient (Wildman–Crippen LogP) is 2.11. The summed E-state index contributed by atoms with van der Waals surface area (Å²) in [6.07, 6.45) is 2.71. The molecule has 1 rings (SSSR count). The molecule has 3 heteroatoms. The van der Waals surface area contributed by atoms with Gasteiger partial charge in [-0.15, -0.1) is 0 Å². The van der Waals surface area contributed by atoms with E-state index in [4.69, 9.17) is 4.74 Å². The van der Waals surface area contributed by atoms with E-state index in [0.29, 0.717) is 0 Å². The molecule has 0 saturated carbocycles. The van der Waals surface area contributed by atoms with Gasteiger partial charge in [0, 0.05) is 0 Å². The highest BCUT2D eigenvalue weighted by molar-refractivity contribution is 5.98. The van der Waals surface area contributed by atoms with Crippen molar-refractivity contribution in [2.75, 3.05) is 0 Å². The van der Waals surface area contributed by atoms with Crippen molar-refractivity contribution in [3.8, 4) is 0 Å². The largest absolute Gasteiger partial charge is 0.457 e. The molecule has 1 aliphatic rings. The van der Waals surface area contributed by atoms with Crippen molar-refractivity contribution in [2.24, 2.45) is 10.8 Å². The number of esters is 1. The molecule has 0 unspecified atom stereocenters. The normalized spacial score (nSPS) is 24.3. The molecule has 0 aromatic carbocycles. The molecular formula is C12H18O3. The summed E-state index contributed by atoms with van der Waals surface area (Å²) in [4.78, 5) is 23.1. The summed E-state index contributed by atoms with van der Waals surface area (Å²) in [5, 5.41) is 0. The first kappa shape index (κ1) is 12.0. The summed E-state index contributed by atoms with van der Waals surface area (Å²) >= 11 is 0. The Morgan fingerprint density at radius 1 is 1.40 bits per heavy atom. The minimum atomic E-state index is -0.624. The maximum atomic E-state index is 11.6. The molecule has 84 valence electrons. The van der Waals surface area contributed by atoms with Gasteiger partial charge in [-0.05, 0) is 46.8 Å². The SMILES string of the molecule is CC(C)(C)C(=O)O[C@H]1C=CC(=O)C1(C)C. The van der Waals surface area contributed by atoms with E-state index in [9.17, 15) is 9.59 Å². The minimum absolute atomic E-state index is 0.00853. The van der Waals surface area contributed by atoms with E-state index in [1.54, 1.807) is 40.7 Å². The molecule has 0 N–H and O–H groups in total. The van der Waals surface area contributed by atoms with Gasteiger partial charge in [-0.2, -0.15) is 0 Å². The van der Waals surface area contributed by atoms with Gasteiger partial charge >= 0.3 is 5.97 Å². The number of ketones is 1. The third kappa shape index (κ3) is 2.28. The maximum absolute atomic E-state index is 11.6. The molecule has 0 aromatic heterocycles. The second-order valence-corrected chi connectivity index (χ2v) is 5.52. The molecule has 15 heavy (non-hydrogen) atoms. The van der Waals surface area contributed by atoms with E-state index in [1.807, 2.05) is 0 Å². The molecule has 0 amide bonds. The van der Waals surface area contributed by atoms with Gasteiger partial charge in [0.05, 0.1) is 10.8 Å². The fraction of sp³-hybridized carbons (Fsp3) is 0.667. The lowest BCUT2D eigenvalue weighted by Gasteiger charge is -2.28. The third-order valence-electron chi connectivity index (χ3n) is 2.62. The van der Waals surface area contributed by atoms with E-state index in [-0.39, 0.29) is 11.8 Å². The van der Waals surface area contributed by atoms with Gasteiger partial charge in [0.15, 0.2) is 5.78 Å². The highest BCUT2D eigenvalue weighted by Gasteiger charge is 2.42. The molecule has 1 atom stereocenters. The number of rotatable bonds is 1. The van der Waals surface area contributed by atoms with Crippen LogP contribution in [0.3, 0.4) is 0 Å². The molecule has 3 nitrogen and oxygen atoms in total. The van der Waals surface area contributed by atoms with E-state index in [1.165, 1.54) is 6.08 Å². The summed E-state index contributed by atoms with van der Waals surface area (Å²) < 4.78 is 5.31. The van der Waals surface area contributed by atoms with Crippen LogP contribution in [0.4, 0.5) is 0 Å². The number of allylic oxidation sites excluding steroid dienone is 1. The quantitative estimate of drug-likeness (QED) is 0.622. The predicted molar refractivity (Wildman–Crippen MR) is 57.3 cm³/mol. The summed E-state index contributed by atoms with van der Waals surface area (Å²) in [6, 6.07) is 0. The fourth-order valence-electron chi connectivity index (χ4n) is 1.25. The van der Waals surface area contributed by atoms with Crippen LogP contribution in [0.2, 0.25) is 0 Å². The van der Waals surface area contributed by atoms with Crippen molar-refractivity contribution in [2.45, 2.75) is 40.7 Å². The highest BCUT2D eigenvalue weighted by atomic mass is 16.5. The van der Waals surface area contributed by atoms with Gasteiger partial charge in [0.1, 0.15) is 6.10 Å². The number of hydrogen-bond acceptors (Lipinski definition) is 3. The fourth-order valence-corrected chi connectivity index (χ4v) is 1.25. The van der Waals surface area contributed by atoms with Gasteiger partial charge in [-0.25, -0.2) is 0 Å². The molecule has 0 fully saturated rings. The van der Waals surface area contributed by atoms with Gasteiger partial charge in [0.2, 0.25) is 0 Å². The topological polar surface area (TPSA) is 43.4 Å². The van der Waals surface area contributed by atoms with E-state index in [0.717, 1.165) is 0 Å². The van der Waals surface area contributed by atoms with Crippen LogP contribution in [-0.2, 0) is 14.3 Å². The van der Waals surface area contributed by atoms with Crippen molar-refractivity contribution < 1.29 is 14.3 Å². The first-order chi connectivity index (χ1) is 6.65. The molecule has 0 saturated heterocycles. The average molecular weight is 210 g/mol. The molecule has 0 radical (unpaired) electrons. The first-order valence-corrected chi connectivity index (χ1v) is 5.09. The number of hydrogen-bond donors (Lipinski definition) is 0. The Balaban J connectivity index is 2.74. The third-order valence-corrected chi connectivity index (χ3v) is 2.62. The lowest BCUT2D eigenvalue weighted by molar-refractivity contribution is -0.161.